The first-order chi connectivity index (χ1) is 8.20. The van der Waals surface area contributed by atoms with E-state index < -0.39 is 0 Å². The predicted octanol–water partition coefficient (Wildman–Crippen LogP) is 2.03. The average Bonchev–Trinajstić information content (AvgIpc) is 2.78. The molecule has 0 unspecified atom stereocenters. The Morgan fingerprint density at radius 2 is 2.06 bits per heavy atom. The summed E-state index contributed by atoms with van der Waals surface area (Å²) in [6, 6.07) is 8.02. The molecule has 0 saturated heterocycles. The van der Waals surface area contributed by atoms with Crippen LogP contribution in [0.2, 0.25) is 0 Å². The molecule has 1 heterocycles. The fourth-order valence-corrected chi connectivity index (χ4v) is 1.60. The number of carbonyl (C=O) groups excluding carboxylic acids is 1. The van der Waals surface area contributed by atoms with E-state index >= 15 is 0 Å². The second kappa shape index (κ2) is 4.82. The van der Waals surface area contributed by atoms with Gasteiger partial charge in [-0.1, -0.05) is 29.8 Å². The third-order valence-electron chi connectivity index (χ3n) is 2.55. The van der Waals surface area contributed by atoms with Crippen LogP contribution in [0.4, 0.5) is 0 Å². The topological polar surface area (TPSA) is 44.1 Å². The van der Waals surface area contributed by atoms with Gasteiger partial charge in [0.15, 0.2) is 0 Å². The number of hydrogen-bond acceptors (Lipinski definition) is 3. The molecular formula is C13H14N2O2. The van der Waals surface area contributed by atoms with Gasteiger partial charge >= 0.3 is 5.97 Å². The van der Waals surface area contributed by atoms with E-state index in [0.717, 1.165) is 11.4 Å². The lowest BCUT2D eigenvalue weighted by molar-refractivity contribution is -0.141. The highest BCUT2D eigenvalue weighted by molar-refractivity contribution is 5.70. The number of hydrogen-bond donors (Lipinski definition) is 0. The minimum atomic E-state index is -0.281. The summed E-state index contributed by atoms with van der Waals surface area (Å²) in [6.45, 7) is 2.21. The maximum absolute atomic E-state index is 11.2. The summed E-state index contributed by atoms with van der Waals surface area (Å²) in [5.74, 6) is 0.492. The molecule has 0 bridgehead atoms. The van der Waals surface area contributed by atoms with Gasteiger partial charge < -0.3 is 9.30 Å². The van der Waals surface area contributed by atoms with Crippen LogP contribution >= 0.6 is 0 Å². The predicted molar refractivity (Wildman–Crippen MR) is 64.4 cm³/mol. The van der Waals surface area contributed by atoms with Gasteiger partial charge in [-0.3, -0.25) is 4.79 Å². The van der Waals surface area contributed by atoms with Crippen molar-refractivity contribution in [2.24, 2.45) is 0 Å². The van der Waals surface area contributed by atoms with E-state index in [4.69, 9.17) is 0 Å². The summed E-state index contributed by atoms with van der Waals surface area (Å²) in [4.78, 5) is 15.5. The second-order valence-corrected chi connectivity index (χ2v) is 3.82. The fourth-order valence-electron chi connectivity index (χ4n) is 1.60. The zero-order valence-corrected chi connectivity index (χ0v) is 9.88. The van der Waals surface area contributed by atoms with E-state index in [1.807, 2.05) is 31.2 Å². The second-order valence-electron chi connectivity index (χ2n) is 3.82. The Balaban J connectivity index is 2.30. The number of benzene rings is 1. The summed E-state index contributed by atoms with van der Waals surface area (Å²) < 4.78 is 6.42. The van der Waals surface area contributed by atoms with Gasteiger partial charge in [0.05, 0.1) is 7.11 Å². The molecule has 88 valence electrons. The lowest BCUT2D eigenvalue weighted by Gasteiger charge is -2.06. The third-order valence-corrected chi connectivity index (χ3v) is 2.55. The number of imidazole rings is 1. The molecule has 2 aromatic rings. The molecule has 0 spiro atoms. The number of rotatable bonds is 3. The maximum atomic E-state index is 11.2. The van der Waals surface area contributed by atoms with Gasteiger partial charge in [-0.2, -0.15) is 0 Å². The molecule has 1 aromatic heterocycles. The Labute approximate surface area is 99.9 Å². The van der Waals surface area contributed by atoms with Crippen LogP contribution in [0.3, 0.4) is 0 Å². The van der Waals surface area contributed by atoms with E-state index in [0.29, 0.717) is 0 Å². The van der Waals surface area contributed by atoms with Gasteiger partial charge in [0.25, 0.3) is 0 Å². The molecule has 1 aromatic carbocycles. The standard InChI is InChI=1S/C13H14N2O2/c1-10-3-5-11(6-4-10)13-14-7-8-15(13)9-12(16)17-2/h3-8H,9H2,1-2H3. The molecule has 0 saturated carbocycles. The van der Waals surface area contributed by atoms with Crippen LogP contribution < -0.4 is 0 Å². The van der Waals surface area contributed by atoms with Crippen molar-refractivity contribution in [3.05, 3.63) is 42.2 Å². The van der Waals surface area contributed by atoms with E-state index in [2.05, 4.69) is 9.72 Å². The Morgan fingerprint density at radius 3 is 2.71 bits per heavy atom. The highest BCUT2D eigenvalue weighted by Gasteiger charge is 2.09. The number of methoxy groups -OCH3 is 1. The minimum Gasteiger partial charge on any atom is -0.468 e. The smallest absolute Gasteiger partial charge is 0.325 e. The summed E-state index contributed by atoms with van der Waals surface area (Å²) in [5.41, 5.74) is 2.18. The molecule has 0 amide bonds. The first kappa shape index (κ1) is 11.4. The molecular weight excluding hydrogens is 216 g/mol. The average molecular weight is 230 g/mol. The van der Waals surface area contributed by atoms with Crippen LogP contribution in [0.25, 0.3) is 11.4 Å². The van der Waals surface area contributed by atoms with Crippen LogP contribution in [0, 0.1) is 6.92 Å². The summed E-state index contributed by atoms with van der Waals surface area (Å²) in [5, 5.41) is 0. The van der Waals surface area contributed by atoms with Gasteiger partial charge in [-0.25, -0.2) is 4.98 Å². The van der Waals surface area contributed by atoms with Crippen molar-refractivity contribution in [3.8, 4) is 11.4 Å². The van der Waals surface area contributed by atoms with E-state index in [-0.39, 0.29) is 12.5 Å². The van der Waals surface area contributed by atoms with E-state index in [9.17, 15) is 4.79 Å². The van der Waals surface area contributed by atoms with Crippen molar-refractivity contribution < 1.29 is 9.53 Å². The van der Waals surface area contributed by atoms with E-state index in [1.165, 1.54) is 12.7 Å². The molecule has 0 aliphatic heterocycles. The van der Waals surface area contributed by atoms with Crippen LogP contribution in [-0.2, 0) is 16.1 Å². The Kier molecular flexibility index (Phi) is 3.23. The van der Waals surface area contributed by atoms with Gasteiger partial charge in [-0.15, -0.1) is 0 Å². The molecule has 2 rings (SSSR count). The largest absolute Gasteiger partial charge is 0.468 e. The Morgan fingerprint density at radius 1 is 1.35 bits per heavy atom. The zero-order valence-electron chi connectivity index (χ0n) is 9.88. The van der Waals surface area contributed by atoms with Gasteiger partial charge in [0.2, 0.25) is 0 Å². The molecule has 4 heteroatoms. The first-order valence-corrected chi connectivity index (χ1v) is 5.35. The highest BCUT2D eigenvalue weighted by atomic mass is 16.5. The third kappa shape index (κ3) is 2.53. The Bertz CT molecular complexity index is 514. The molecule has 4 nitrogen and oxygen atoms in total. The summed E-state index contributed by atoms with van der Waals surface area (Å²) in [7, 11) is 1.38. The molecule has 0 aliphatic rings. The fraction of sp³-hybridized carbons (Fsp3) is 0.231. The van der Waals surface area contributed by atoms with E-state index in [1.54, 1.807) is 17.0 Å². The van der Waals surface area contributed by atoms with Gasteiger partial charge in [0.1, 0.15) is 12.4 Å². The first-order valence-electron chi connectivity index (χ1n) is 5.35. The van der Waals surface area contributed by atoms with Gasteiger partial charge in [-0.05, 0) is 6.92 Å². The molecule has 17 heavy (non-hydrogen) atoms. The quantitative estimate of drug-likeness (QED) is 0.758. The molecule has 0 atom stereocenters. The van der Waals surface area contributed by atoms with Crippen molar-refractivity contribution in [2.75, 3.05) is 7.11 Å². The van der Waals surface area contributed by atoms with Gasteiger partial charge in [0, 0.05) is 18.0 Å². The lowest BCUT2D eigenvalue weighted by atomic mass is 10.1. The Hall–Kier alpha value is -2.10. The van der Waals surface area contributed by atoms with Crippen LogP contribution in [0.5, 0.6) is 0 Å². The molecule has 0 aliphatic carbocycles. The highest BCUT2D eigenvalue weighted by Crippen LogP contribution is 2.17. The normalized spacial score (nSPS) is 10.2. The van der Waals surface area contributed by atoms with Crippen molar-refractivity contribution in [1.82, 2.24) is 9.55 Å². The maximum Gasteiger partial charge on any atom is 0.325 e. The summed E-state index contributed by atoms with van der Waals surface area (Å²) in [6.07, 6.45) is 3.45. The molecule has 0 fully saturated rings. The molecule has 0 N–H and O–H groups in total. The minimum absolute atomic E-state index is 0.180. The zero-order chi connectivity index (χ0) is 12.3. The number of ether oxygens (including phenoxy) is 1. The number of carbonyl (C=O) groups is 1. The van der Waals surface area contributed by atoms with Crippen molar-refractivity contribution in [2.45, 2.75) is 13.5 Å². The van der Waals surface area contributed by atoms with Crippen LogP contribution in [-0.4, -0.2) is 22.6 Å². The van der Waals surface area contributed by atoms with Crippen molar-refractivity contribution in [1.29, 1.82) is 0 Å². The molecule has 0 radical (unpaired) electrons. The number of aromatic nitrogens is 2. The van der Waals surface area contributed by atoms with Crippen molar-refractivity contribution >= 4 is 5.97 Å². The van der Waals surface area contributed by atoms with Crippen LogP contribution in [0.1, 0.15) is 5.56 Å². The lowest BCUT2D eigenvalue weighted by Crippen LogP contribution is -2.11. The summed E-state index contributed by atoms with van der Waals surface area (Å²) >= 11 is 0. The van der Waals surface area contributed by atoms with Crippen LogP contribution in [0.15, 0.2) is 36.7 Å². The monoisotopic (exact) mass is 230 g/mol. The SMILES string of the molecule is COC(=O)Cn1ccnc1-c1ccc(C)cc1. The number of esters is 1. The number of aryl methyl sites for hydroxylation is 1. The van der Waals surface area contributed by atoms with Crippen molar-refractivity contribution in [3.63, 3.8) is 0 Å². The number of nitrogens with zero attached hydrogens (tertiary/aromatic N) is 2.